The van der Waals surface area contributed by atoms with Gasteiger partial charge in [-0.2, -0.15) is 0 Å². The number of thioether (sulfide) groups is 2. The van der Waals surface area contributed by atoms with Gasteiger partial charge in [-0.15, -0.1) is 11.8 Å². The van der Waals surface area contributed by atoms with E-state index in [9.17, 15) is 14.4 Å². The summed E-state index contributed by atoms with van der Waals surface area (Å²) in [6.07, 6.45) is 5.50. The first-order chi connectivity index (χ1) is 16.6. The van der Waals surface area contributed by atoms with Gasteiger partial charge in [0.2, 0.25) is 0 Å². The number of imidazole rings is 1. The van der Waals surface area contributed by atoms with Gasteiger partial charge in [0.15, 0.2) is 5.16 Å². The van der Waals surface area contributed by atoms with Crippen LogP contribution in [0.25, 0.3) is 11.0 Å². The van der Waals surface area contributed by atoms with Crippen LogP contribution in [-0.4, -0.2) is 44.2 Å². The van der Waals surface area contributed by atoms with E-state index in [2.05, 4.69) is 12.3 Å². The van der Waals surface area contributed by atoms with Crippen LogP contribution in [0.1, 0.15) is 53.9 Å². The van der Waals surface area contributed by atoms with Crippen LogP contribution in [0.3, 0.4) is 0 Å². The maximum absolute atomic E-state index is 13.1. The number of rotatable bonds is 11. The molecule has 1 aliphatic rings. The van der Waals surface area contributed by atoms with Crippen molar-refractivity contribution < 1.29 is 14.4 Å². The van der Waals surface area contributed by atoms with E-state index in [4.69, 9.17) is 4.98 Å². The second kappa shape index (κ2) is 11.6. The molecule has 7 nitrogen and oxygen atoms in total. The van der Waals surface area contributed by atoms with Crippen molar-refractivity contribution in [3.8, 4) is 0 Å². The van der Waals surface area contributed by atoms with Crippen molar-refractivity contribution in [2.24, 2.45) is 0 Å². The largest absolute Gasteiger partial charge is 0.309 e. The molecule has 1 N–H and O–H groups in total. The molecular formula is C25H28N4O3S2. The molecule has 2 heterocycles. The molecule has 1 aromatic heterocycles. The number of aldehydes is 1. The average Bonchev–Trinajstić information content (AvgIpc) is 3.39. The van der Waals surface area contributed by atoms with Crippen molar-refractivity contribution in [1.82, 2.24) is 20.0 Å². The van der Waals surface area contributed by atoms with E-state index in [0.717, 1.165) is 40.2 Å². The molecule has 2 aromatic carbocycles. The number of aromatic nitrogens is 2. The Kier molecular flexibility index (Phi) is 8.29. The molecule has 0 bridgehead atoms. The molecule has 1 atom stereocenters. The minimum absolute atomic E-state index is 0.0725. The lowest BCUT2D eigenvalue weighted by Crippen LogP contribution is -2.45. The number of hydrogen-bond donors (Lipinski definition) is 1. The van der Waals surface area contributed by atoms with Crippen LogP contribution >= 0.6 is 23.5 Å². The lowest BCUT2D eigenvalue weighted by atomic mass is 10.1. The highest BCUT2D eigenvalue weighted by Crippen LogP contribution is 2.37. The zero-order valence-electron chi connectivity index (χ0n) is 19.1. The summed E-state index contributed by atoms with van der Waals surface area (Å²) in [5.41, 5.74) is 6.00. The van der Waals surface area contributed by atoms with Crippen molar-refractivity contribution in [2.45, 2.75) is 49.7 Å². The molecule has 0 saturated carbocycles. The Morgan fingerprint density at radius 2 is 1.97 bits per heavy atom. The van der Waals surface area contributed by atoms with Gasteiger partial charge in [0.1, 0.15) is 18.2 Å². The number of hydrogen-bond acceptors (Lipinski definition) is 6. The Bertz CT molecular complexity index is 1160. The van der Waals surface area contributed by atoms with Gasteiger partial charge in [-0.1, -0.05) is 74.3 Å². The molecular weight excluding hydrogens is 468 g/mol. The van der Waals surface area contributed by atoms with Crippen molar-refractivity contribution in [2.75, 3.05) is 11.5 Å². The van der Waals surface area contributed by atoms with Gasteiger partial charge in [-0.3, -0.25) is 19.8 Å². The zero-order chi connectivity index (χ0) is 23.9. The molecule has 4 rings (SSSR count). The first-order valence-corrected chi connectivity index (χ1v) is 13.5. The summed E-state index contributed by atoms with van der Waals surface area (Å²) in [6.45, 7) is 2.27. The maximum atomic E-state index is 13.1. The second-order valence-corrected chi connectivity index (χ2v) is 10.3. The Hall–Kier alpha value is -2.78. The van der Waals surface area contributed by atoms with E-state index < -0.39 is 0 Å². The number of benzene rings is 2. The number of carbonyl (C=O) groups excluding carboxylic acids is 3. The highest BCUT2D eigenvalue weighted by atomic mass is 32.2. The van der Waals surface area contributed by atoms with Crippen LogP contribution in [0.2, 0.25) is 0 Å². The Labute approximate surface area is 207 Å². The topological polar surface area (TPSA) is 84.3 Å². The summed E-state index contributed by atoms with van der Waals surface area (Å²) in [4.78, 5) is 41.3. The number of nitrogens with one attached hydrogen (secondary N) is 1. The van der Waals surface area contributed by atoms with E-state index in [0.29, 0.717) is 5.56 Å². The Morgan fingerprint density at radius 3 is 2.74 bits per heavy atom. The predicted molar refractivity (Wildman–Crippen MR) is 137 cm³/mol. The van der Waals surface area contributed by atoms with Crippen LogP contribution in [0.15, 0.2) is 53.7 Å². The molecule has 9 heteroatoms. The summed E-state index contributed by atoms with van der Waals surface area (Å²) in [7, 11) is 0. The van der Waals surface area contributed by atoms with Gasteiger partial charge in [0.25, 0.3) is 11.8 Å². The standard InChI is InChI=1S/C25H28N4O3S2/c1-2-3-4-7-14-33-25-26-20-8-5-6-9-21(20)28(25)15-22(31)27-29-23(32)17-34-24(29)19-12-10-18(16-30)11-13-19/h5-6,8-13,16,24H,2-4,7,14-15,17H2,1H3,(H,27,31). The third kappa shape index (κ3) is 5.64. The quantitative estimate of drug-likeness (QED) is 0.233. The van der Waals surface area contributed by atoms with Gasteiger partial charge in [0.05, 0.1) is 16.8 Å². The summed E-state index contributed by atoms with van der Waals surface area (Å²) >= 11 is 3.12. The van der Waals surface area contributed by atoms with Crippen LogP contribution in [-0.2, 0) is 16.1 Å². The maximum Gasteiger partial charge on any atom is 0.258 e. The lowest BCUT2D eigenvalue weighted by molar-refractivity contribution is -0.139. The predicted octanol–water partition coefficient (Wildman–Crippen LogP) is 4.83. The van der Waals surface area contributed by atoms with E-state index in [1.807, 2.05) is 41.0 Å². The SMILES string of the molecule is CCCCCCSc1nc2ccccc2n1CC(=O)NN1C(=O)CSC1c1ccc(C=O)cc1. The fourth-order valence-corrected chi connectivity index (χ4v) is 5.97. The lowest BCUT2D eigenvalue weighted by Gasteiger charge is -2.25. The van der Waals surface area contributed by atoms with Gasteiger partial charge in [-0.25, -0.2) is 9.99 Å². The van der Waals surface area contributed by atoms with Crippen LogP contribution in [0, 0.1) is 0 Å². The minimum atomic E-state index is -0.330. The molecule has 34 heavy (non-hydrogen) atoms. The number of nitrogens with zero attached hydrogens (tertiary/aromatic N) is 3. The third-order valence-electron chi connectivity index (χ3n) is 5.62. The summed E-state index contributed by atoms with van der Waals surface area (Å²) < 4.78 is 1.93. The molecule has 1 unspecified atom stereocenters. The fourth-order valence-electron chi connectivity index (χ4n) is 3.85. The van der Waals surface area contributed by atoms with Gasteiger partial charge in [0, 0.05) is 11.3 Å². The average molecular weight is 497 g/mol. The minimum Gasteiger partial charge on any atom is -0.309 e. The molecule has 0 aliphatic carbocycles. The number of amides is 2. The molecule has 0 spiro atoms. The smallest absolute Gasteiger partial charge is 0.258 e. The van der Waals surface area contributed by atoms with Crippen molar-refractivity contribution >= 4 is 52.7 Å². The molecule has 2 amide bonds. The van der Waals surface area contributed by atoms with Crippen LogP contribution in [0.4, 0.5) is 0 Å². The molecule has 0 radical (unpaired) electrons. The highest BCUT2D eigenvalue weighted by molar-refractivity contribution is 8.00. The van der Waals surface area contributed by atoms with Crippen molar-refractivity contribution in [3.05, 3.63) is 59.7 Å². The van der Waals surface area contributed by atoms with E-state index >= 15 is 0 Å². The molecule has 1 aliphatic heterocycles. The monoisotopic (exact) mass is 496 g/mol. The van der Waals surface area contributed by atoms with E-state index in [1.54, 1.807) is 23.9 Å². The van der Waals surface area contributed by atoms with E-state index in [1.165, 1.54) is 36.0 Å². The molecule has 178 valence electrons. The third-order valence-corrected chi connectivity index (χ3v) is 7.90. The number of unbranched alkanes of at least 4 members (excludes halogenated alkanes) is 3. The summed E-state index contributed by atoms with van der Waals surface area (Å²) in [6, 6.07) is 14.9. The fraction of sp³-hybridized carbons (Fsp3) is 0.360. The van der Waals surface area contributed by atoms with Gasteiger partial charge in [-0.05, 0) is 24.1 Å². The Morgan fingerprint density at radius 1 is 1.18 bits per heavy atom. The van der Waals surface area contributed by atoms with Crippen LogP contribution < -0.4 is 5.43 Å². The number of hydrazine groups is 1. The number of fused-ring (bicyclic) bond motifs is 1. The van der Waals surface area contributed by atoms with Gasteiger partial charge < -0.3 is 4.57 Å². The highest BCUT2D eigenvalue weighted by Gasteiger charge is 2.34. The van der Waals surface area contributed by atoms with Crippen LogP contribution in [0.5, 0.6) is 0 Å². The second-order valence-electron chi connectivity index (χ2n) is 8.12. The van der Waals surface area contributed by atoms with Gasteiger partial charge >= 0.3 is 0 Å². The summed E-state index contributed by atoms with van der Waals surface area (Å²) in [5.74, 6) is 0.809. The first-order valence-electron chi connectivity index (χ1n) is 11.5. The Balaban J connectivity index is 1.48. The van der Waals surface area contributed by atoms with Crippen molar-refractivity contribution in [3.63, 3.8) is 0 Å². The summed E-state index contributed by atoms with van der Waals surface area (Å²) in [5, 5.41) is 1.89. The molecule has 3 aromatic rings. The first kappa shape index (κ1) is 24.3. The molecule has 1 saturated heterocycles. The van der Waals surface area contributed by atoms with Crippen molar-refractivity contribution in [1.29, 1.82) is 0 Å². The van der Waals surface area contributed by atoms with E-state index in [-0.39, 0.29) is 29.5 Å². The zero-order valence-corrected chi connectivity index (χ0v) is 20.7. The normalized spacial score (nSPS) is 15.7. The number of para-hydroxylation sites is 2. The number of carbonyl (C=O) groups is 3. The molecule has 1 fully saturated rings.